The first-order valence-corrected chi connectivity index (χ1v) is 8.08. The number of amides is 1. The number of hydrogen-bond donors (Lipinski definition) is 2. The van der Waals surface area contributed by atoms with Crippen LogP contribution in [0.15, 0.2) is 16.6 Å². The summed E-state index contributed by atoms with van der Waals surface area (Å²) in [6.07, 6.45) is 2.31. The van der Waals surface area contributed by atoms with Gasteiger partial charge in [0.15, 0.2) is 0 Å². The molecule has 0 spiro atoms. The van der Waals surface area contributed by atoms with Crippen molar-refractivity contribution in [2.75, 3.05) is 37.4 Å². The Kier molecular flexibility index (Phi) is 3.94. The fourth-order valence-electron chi connectivity index (χ4n) is 3.16. The van der Waals surface area contributed by atoms with Gasteiger partial charge in [-0.25, -0.2) is 0 Å². The van der Waals surface area contributed by atoms with E-state index in [9.17, 15) is 4.79 Å². The molecule has 21 heavy (non-hydrogen) atoms. The minimum atomic E-state index is -0.551. The van der Waals surface area contributed by atoms with E-state index < -0.39 is 6.04 Å². The number of carbonyl (C=O) groups excluding carboxylic acids is 1. The maximum atomic E-state index is 11.7. The summed E-state index contributed by atoms with van der Waals surface area (Å²) in [6, 6.07) is 4.12. The van der Waals surface area contributed by atoms with Crippen LogP contribution in [0.5, 0.6) is 0 Å². The second-order valence-electron chi connectivity index (χ2n) is 6.04. The predicted octanol–water partition coefficient (Wildman–Crippen LogP) is 1.93. The van der Waals surface area contributed by atoms with Gasteiger partial charge in [-0.05, 0) is 55.0 Å². The monoisotopic (exact) mass is 352 g/mol. The van der Waals surface area contributed by atoms with E-state index in [1.54, 1.807) is 0 Å². The second-order valence-corrected chi connectivity index (χ2v) is 6.89. The van der Waals surface area contributed by atoms with Crippen molar-refractivity contribution in [1.82, 2.24) is 4.90 Å². The fraction of sp³-hybridized carbons (Fsp3) is 0.533. The summed E-state index contributed by atoms with van der Waals surface area (Å²) in [5, 5.41) is 2.86. The van der Waals surface area contributed by atoms with Gasteiger partial charge in [0.1, 0.15) is 6.04 Å². The maximum Gasteiger partial charge on any atom is 0.245 e. The molecule has 1 unspecified atom stereocenters. The summed E-state index contributed by atoms with van der Waals surface area (Å²) in [5.41, 5.74) is 8.75. The van der Waals surface area contributed by atoms with Crippen LogP contribution < -0.4 is 16.0 Å². The van der Waals surface area contributed by atoms with Gasteiger partial charge in [0, 0.05) is 34.9 Å². The summed E-state index contributed by atoms with van der Waals surface area (Å²) in [6.45, 7) is 2.06. The molecule has 1 amide bonds. The molecule has 1 aromatic rings. The number of piperidine rings is 1. The van der Waals surface area contributed by atoms with Crippen molar-refractivity contribution in [2.24, 2.45) is 5.73 Å². The summed E-state index contributed by atoms with van der Waals surface area (Å²) in [7, 11) is 4.28. The molecule has 1 aromatic carbocycles. The Morgan fingerprint density at radius 2 is 2.00 bits per heavy atom. The van der Waals surface area contributed by atoms with Crippen LogP contribution in [0.25, 0.3) is 0 Å². The van der Waals surface area contributed by atoms with Gasteiger partial charge >= 0.3 is 0 Å². The van der Waals surface area contributed by atoms with Gasteiger partial charge in [0.05, 0.1) is 5.69 Å². The third-order valence-corrected chi connectivity index (χ3v) is 5.17. The zero-order valence-electron chi connectivity index (χ0n) is 12.4. The largest absolute Gasteiger partial charge is 0.370 e. The molecular weight excluding hydrogens is 332 g/mol. The molecule has 0 aromatic heterocycles. The lowest BCUT2D eigenvalue weighted by molar-refractivity contribution is -0.116. The molecule has 3 N–H and O–H groups in total. The smallest absolute Gasteiger partial charge is 0.245 e. The lowest BCUT2D eigenvalue weighted by Crippen LogP contribution is -2.42. The molecule has 2 aliphatic rings. The zero-order chi connectivity index (χ0) is 15.1. The van der Waals surface area contributed by atoms with E-state index in [1.165, 1.54) is 0 Å². The van der Waals surface area contributed by atoms with Crippen LogP contribution in [-0.2, 0) is 4.79 Å². The maximum absolute atomic E-state index is 11.7. The Labute approximate surface area is 133 Å². The summed E-state index contributed by atoms with van der Waals surface area (Å²) in [4.78, 5) is 16.4. The summed E-state index contributed by atoms with van der Waals surface area (Å²) < 4.78 is 1.01. The molecule has 6 heteroatoms. The minimum Gasteiger partial charge on any atom is -0.370 e. The highest BCUT2D eigenvalue weighted by molar-refractivity contribution is 9.10. The number of nitrogens with two attached hydrogens (primary N) is 1. The molecule has 1 fully saturated rings. The summed E-state index contributed by atoms with van der Waals surface area (Å²) in [5.74, 6) is -0.125. The standard InChI is InChI=1S/C15H21BrN4O/c1-19(2)9-3-5-20(6-4-9)13-8-12-10(7-11(13)16)14(17)15(21)18-12/h7-9,14H,3-6,17H2,1-2H3,(H,18,21). The summed E-state index contributed by atoms with van der Waals surface area (Å²) >= 11 is 3.63. The van der Waals surface area contributed by atoms with Crippen molar-refractivity contribution in [2.45, 2.75) is 24.9 Å². The minimum absolute atomic E-state index is 0.125. The zero-order valence-corrected chi connectivity index (χ0v) is 14.0. The number of hydrogen-bond acceptors (Lipinski definition) is 4. The Morgan fingerprint density at radius 1 is 1.33 bits per heavy atom. The predicted molar refractivity (Wildman–Crippen MR) is 88.6 cm³/mol. The van der Waals surface area contributed by atoms with E-state index in [1.807, 2.05) is 12.1 Å². The van der Waals surface area contributed by atoms with Gasteiger partial charge in [-0.15, -0.1) is 0 Å². The van der Waals surface area contributed by atoms with Crippen LogP contribution in [0.1, 0.15) is 24.4 Å². The normalized spacial score (nSPS) is 22.6. The number of nitrogens with one attached hydrogen (secondary N) is 1. The molecule has 1 atom stereocenters. The first kappa shape index (κ1) is 14.8. The van der Waals surface area contributed by atoms with Crippen molar-refractivity contribution >= 4 is 33.2 Å². The Bertz CT molecular complexity index is 567. The van der Waals surface area contributed by atoms with Gasteiger partial charge in [-0.3, -0.25) is 4.79 Å². The molecule has 2 aliphatic heterocycles. The number of rotatable bonds is 2. The highest BCUT2D eigenvalue weighted by atomic mass is 79.9. The van der Waals surface area contributed by atoms with Gasteiger partial charge in [-0.2, -0.15) is 0 Å². The van der Waals surface area contributed by atoms with E-state index in [4.69, 9.17) is 5.73 Å². The van der Waals surface area contributed by atoms with E-state index >= 15 is 0 Å². The van der Waals surface area contributed by atoms with Crippen LogP contribution >= 0.6 is 15.9 Å². The van der Waals surface area contributed by atoms with Crippen molar-refractivity contribution < 1.29 is 4.79 Å². The van der Waals surface area contributed by atoms with Crippen LogP contribution in [0, 0.1) is 0 Å². The van der Waals surface area contributed by atoms with Gasteiger partial charge in [0.2, 0.25) is 5.91 Å². The number of carbonyl (C=O) groups is 1. The molecule has 1 saturated heterocycles. The first-order valence-electron chi connectivity index (χ1n) is 7.28. The molecule has 114 valence electrons. The molecule has 0 radical (unpaired) electrons. The molecule has 0 bridgehead atoms. The number of benzene rings is 1. The third kappa shape index (κ3) is 2.67. The number of nitrogens with zero attached hydrogens (tertiary/aromatic N) is 2. The molecule has 0 aliphatic carbocycles. The van der Waals surface area contributed by atoms with Gasteiger partial charge < -0.3 is 20.9 Å². The highest BCUT2D eigenvalue weighted by Gasteiger charge is 2.30. The number of halogens is 1. The average molecular weight is 353 g/mol. The lowest BCUT2D eigenvalue weighted by Gasteiger charge is -2.37. The van der Waals surface area contributed by atoms with Gasteiger partial charge in [-0.1, -0.05) is 0 Å². The number of fused-ring (bicyclic) bond motifs is 1. The molecule has 3 rings (SSSR count). The highest BCUT2D eigenvalue weighted by Crippen LogP contribution is 2.39. The lowest BCUT2D eigenvalue weighted by atomic mass is 10.0. The van der Waals surface area contributed by atoms with Crippen molar-refractivity contribution in [3.8, 4) is 0 Å². The van der Waals surface area contributed by atoms with E-state index in [0.717, 1.165) is 47.3 Å². The van der Waals surface area contributed by atoms with Crippen LogP contribution in [0.2, 0.25) is 0 Å². The fourth-order valence-corrected chi connectivity index (χ4v) is 3.77. The third-order valence-electron chi connectivity index (χ3n) is 4.53. The Balaban J connectivity index is 1.82. The van der Waals surface area contributed by atoms with Crippen molar-refractivity contribution in [3.63, 3.8) is 0 Å². The quantitative estimate of drug-likeness (QED) is 0.853. The number of anilines is 2. The van der Waals surface area contributed by atoms with Crippen LogP contribution in [-0.4, -0.2) is 44.0 Å². The van der Waals surface area contributed by atoms with Crippen molar-refractivity contribution in [1.29, 1.82) is 0 Å². The van der Waals surface area contributed by atoms with Crippen LogP contribution in [0.3, 0.4) is 0 Å². The molecule has 5 nitrogen and oxygen atoms in total. The topological polar surface area (TPSA) is 61.6 Å². The van der Waals surface area contributed by atoms with E-state index in [0.29, 0.717) is 6.04 Å². The molecule has 0 saturated carbocycles. The SMILES string of the molecule is CN(C)C1CCN(c2cc3c(cc2Br)C(N)C(=O)N3)CC1. The van der Waals surface area contributed by atoms with Crippen molar-refractivity contribution in [3.05, 3.63) is 22.2 Å². The Hall–Kier alpha value is -1.11. The molecule has 2 heterocycles. The van der Waals surface area contributed by atoms with Crippen LogP contribution in [0.4, 0.5) is 11.4 Å². The average Bonchev–Trinajstić information content (AvgIpc) is 2.73. The van der Waals surface area contributed by atoms with E-state index in [-0.39, 0.29) is 5.91 Å². The van der Waals surface area contributed by atoms with Gasteiger partial charge in [0.25, 0.3) is 0 Å². The molecular formula is C15H21BrN4O. The first-order chi connectivity index (χ1) is 9.97. The Morgan fingerprint density at radius 3 is 2.62 bits per heavy atom. The van der Waals surface area contributed by atoms with E-state index in [2.05, 4.69) is 45.1 Å². The second kappa shape index (κ2) is 5.59.